The van der Waals surface area contributed by atoms with Crippen LogP contribution in [0.3, 0.4) is 0 Å². The predicted molar refractivity (Wildman–Crippen MR) is 111 cm³/mol. The number of hydrogen-bond donors (Lipinski definition) is 1. The molecule has 1 atom stereocenters. The van der Waals surface area contributed by atoms with Gasteiger partial charge in [0.2, 0.25) is 5.91 Å². The number of carbonyl (C=O) groups is 1. The van der Waals surface area contributed by atoms with Crippen LogP contribution in [0.15, 0.2) is 42.5 Å². The molecule has 0 radical (unpaired) electrons. The van der Waals surface area contributed by atoms with Crippen LogP contribution in [-0.4, -0.2) is 50.1 Å². The third kappa shape index (κ3) is 4.73. The summed E-state index contributed by atoms with van der Waals surface area (Å²) < 4.78 is 5.22. The number of aryl methyl sites for hydroxylation is 1. The minimum absolute atomic E-state index is 0.00161. The fourth-order valence-electron chi connectivity index (χ4n) is 3.29. The molecule has 1 aliphatic heterocycles. The molecule has 1 amide bonds. The summed E-state index contributed by atoms with van der Waals surface area (Å²) >= 11 is 6.05. The largest absolute Gasteiger partial charge is 0.497 e. The van der Waals surface area contributed by atoms with Gasteiger partial charge in [0.05, 0.1) is 13.2 Å². The molecule has 2 aromatic carbocycles. The van der Waals surface area contributed by atoms with Crippen molar-refractivity contribution in [1.29, 1.82) is 0 Å². The van der Waals surface area contributed by atoms with Crippen molar-refractivity contribution >= 4 is 28.9 Å². The molecule has 1 saturated heterocycles. The van der Waals surface area contributed by atoms with E-state index in [-0.39, 0.29) is 11.9 Å². The molecule has 1 unspecified atom stereocenters. The summed E-state index contributed by atoms with van der Waals surface area (Å²) in [5.41, 5.74) is 2.96. The zero-order valence-corrected chi connectivity index (χ0v) is 16.8. The summed E-state index contributed by atoms with van der Waals surface area (Å²) in [5.74, 6) is 0.859. The Balaban J connectivity index is 1.56. The summed E-state index contributed by atoms with van der Waals surface area (Å²) in [7, 11) is 1.67. The molecule has 6 heteroatoms. The standard InChI is InChI=1S/C21H26ClN3O2/c1-15-4-5-17(22)14-20(15)23-21(26)16(2)24-10-12-25(13-11-24)18-6-8-19(27-3)9-7-18/h4-9,14,16H,10-13H2,1-3H3,(H,23,26). The highest BCUT2D eigenvalue weighted by Crippen LogP contribution is 2.23. The van der Waals surface area contributed by atoms with Crippen LogP contribution < -0.4 is 15.0 Å². The van der Waals surface area contributed by atoms with Crippen LogP contribution in [0.1, 0.15) is 12.5 Å². The van der Waals surface area contributed by atoms with Crippen molar-refractivity contribution in [3.63, 3.8) is 0 Å². The summed E-state index contributed by atoms with van der Waals surface area (Å²) in [5, 5.41) is 3.63. The van der Waals surface area contributed by atoms with Crippen molar-refractivity contribution < 1.29 is 9.53 Å². The Bertz CT molecular complexity index is 787. The second-order valence-electron chi connectivity index (χ2n) is 6.85. The van der Waals surface area contributed by atoms with Crippen molar-refractivity contribution in [3.8, 4) is 5.75 Å². The van der Waals surface area contributed by atoms with E-state index in [9.17, 15) is 4.79 Å². The first-order valence-corrected chi connectivity index (χ1v) is 9.56. The average molecular weight is 388 g/mol. The predicted octanol–water partition coefficient (Wildman–Crippen LogP) is 3.81. The molecular formula is C21H26ClN3O2. The van der Waals surface area contributed by atoms with Gasteiger partial charge in [-0.25, -0.2) is 0 Å². The Morgan fingerprint density at radius 3 is 2.41 bits per heavy atom. The lowest BCUT2D eigenvalue weighted by Crippen LogP contribution is -2.52. The van der Waals surface area contributed by atoms with Gasteiger partial charge >= 0.3 is 0 Å². The second kappa shape index (κ2) is 8.63. The molecule has 0 aliphatic carbocycles. The number of ether oxygens (including phenoxy) is 1. The van der Waals surface area contributed by atoms with Crippen LogP contribution in [0, 0.1) is 6.92 Å². The summed E-state index contributed by atoms with van der Waals surface area (Å²) in [6.45, 7) is 7.38. The van der Waals surface area contributed by atoms with Crippen molar-refractivity contribution in [2.45, 2.75) is 19.9 Å². The SMILES string of the molecule is COc1ccc(N2CCN(C(C)C(=O)Nc3cc(Cl)ccc3C)CC2)cc1. The molecule has 1 aliphatic rings. The van der Waals surface area contributed by atoms with Gasteiger partial charge in [-0.3, -0.25) is 9.69 Å². The van der Waals surface area contributed by atoms with E-state index in [0.717, 1.165) is 43.2 Å². The molecule has 0 spiro atoms. The third-order valence-corrected chi connectivity index (χ3v) is 5.37. The molecule has 3 rings (SSSR count). The van der Waals surface area contributed by atoms with Gasteiger partial charge in [0.25, 0.3) is 0 Å². The maximum absolute atomic E-state index is 12.7. The van der Waals surface area contributed by atoms with E-state index in [1.807, 2.05) is 38.1 Å². The summed E-state index contributed by atoms with van der Waals surface area (Å²) in [6.07, 6.45) is 0. The fraction of sp³-hybridized carbons (Fsp3) is 0.381. The van der Waals surface area contributed by atoms with Crippen molar-refractivity contribution in [2.24, 2.45) is 0 Å². The molecule has 1 heterocycles. The number of anilines is 2. The molecule has 2 aromatic rings. The number of benzene rings is 2. The maximum atomic E-state index is 12.7. The first kappa shape index (κ1) is 19.5. The first-order valence-electron chi connectivity index (χ1n) is 9.18. The highest BCUT2D eigenvalue weighted by molar-refractivity contribution is 6.31. The average Bonchev–Trinajstić information content (AvgIpc) is 2.70. The maximum Gasteiger partial charge on any atom is 0.241 e. The topological polar surface area (TPSA) is 44.8 Å². The van der Waals surface area contributed by atoms with Gasteiger partial charge < -0.3 is 15.0 Å². The lowest BCUT2D eigenvalue weighted by molar-refractivity contribution is -0.120. The molecule has 1 fully saturated rings. The van der Waals surface area contributed by atoms with Gasteiger partial charge in [0, 0.05) is 42.6 Å². The van der Waals surface area contributed by atoms with Gasteiger partial charge in [-0.1, -0.05) is 17.7 Å². The van der Waals surface area contributed by atoms with E-state index in [2.05, 4.69) is 27.2 Å². The number of rotatable bonds is 5. The second-order valence-corrected chi connectivity index (χ2v) is 7.28. The molecular weight excluding hydrogens is 362 g/mol. The number of carbonyl (C=O) groups excluding carboxylic acids is 1. The van der Waals surface area contributed by atoms with Crippen molar-refractivity contribution in [2.75, 3.05) is 43.5 Å². The van der Waals surface area contributed by atoms with E-state index in [1.54, 1.807) is 13.2 Å². The van der Waals surface area contributed by atoms with Gasteiger partial charge in [0.1, 0.15) is 5.75 Å². The number of methoxy groups -OCH3 is 1. The Morgan fingerprint density at radius 1 is 1.11 bits per heavy atom. The van der Waals surface area contributed by atoms with Gasteiger partial charge in [-0.15, -0.1) is 0 Å². The number of amides is 1. The molecule has 27 heavy (non-hydrogen) atoms. The Kier molecular flexibility index (Phi) is 6.24. The highest BCUT2D eigenvalue weighted by Gasteiger charge is 2.26. The minimum atomic E-state index is -0.193. The van der Waals surface area contributed by atoms with Crippen LogP contribution in [0.2, 0.25) is 5.02 Å². The molecule has 0 bridgehead atoms. The number of nitrogens with one attached hydrogen (secondary N) is 1. The minimum Gasteiger partial charge on any atom is -0.497 e. The zero-order valence-electron chi connectivity index (χ0n) is 16.0. The molecule has 0 aromatic heterocycles. The van der Waals surface area contributed by atoms with Crippen LogP contribution in [0.4, 0.5) is 11.4 Å². The van der Waals surface area contributed by atoms with E-state index in [0.29, 0.717) is 5.02 Å². The summed E-state index contributed by atoms with van der Waals surface area (Å²) in [6, 6.07) is 13.4. The third-order valence-electron chi connectivity index (χ3n) is 5.14. The van der Waals surface area contributed by atoms with E-state index in [1.165, 1.54) is 5.69 Å². The highest BCUT2D eigenvalue weighted by atomic mass is 35.5. The van der Waals surface area contributed by atoms with E-state index < -0.39 is 0 Å². The Labute approximate surface area is 165 Å². The van der Waals surface area contributed by atoms with Gasteiger partial charge in [-0.05, 0) is 55.8 Å². The van der Waals surface area contributed by atoms with Crippen LogP contribution in [-0.2, 0) is 4.79 Å². The molecule has 1 N–H and O–H groups in total. The number of halogens is 1. The van der Waals surface area contributed by atoms with Gasteiger partial charge in [0.15, 0.2) is 0 Å². The number of hydrogen-bond acceptors (Lipinski definition) is 4. The monoisotopic (exact) mass is 387 g/mol. The smallest absolute Gasteiger partial charge is 0.241 e. The zero-order chi connectivity index (χ0) is 19.4. The Hall–Kier alpha value is -2.24. The normalized spacial score (nSPS) is 16.1. The van der Waals surface area contributed by atoms with Crippen molar-refractivity contribution in [3.05, 3.63) is 53.1 Å². The quantitative estimate of drug-likeness (QED) is 0.847. The molecule has 144 valence electrons. The van der Waals surface area contributed by atoms with Gasteiger partial charge in [-0.2, -0.15) is 0 Å². The van der Waals surface area contributed by atoms with Crippen LogP contribution in [0.25, 0.3) is 0 Å². The van der Waals surface area contributed by atoms with E-state index >= 15 is 0 Å². The Morgan fingerprint density at radius 2 is 1.78 bits per heavy atom. The fourth-order valence-corrected chi connectivity index (χ4v) is 3.46. The van der Waals surface area contributed by atoms with E-state index in [4.69, 9.17) is 16.3 Å². The lowest BCUT2D eigenvalue weighted by Gasteiger charge is -2.38. The lowest BCUT2D eigenvalue weighted by atomic mass is 10.1. The first-order chi connectivity index (χ1) is 13.0. The molecule has 0 saturated carbocycles. The molecule has 5 nitrogen and oxygen atoms in total. The van der Waals surface area contributed by atoms with Crippen LogP contribution in [0.5, 0.6) is 5.75 Å². The van der Waals surface area contributed by atoms with Crippen LogP contribution >= 0.6 is 11.6 Å². The number of piperazine rings is 1. The summed E-state index contributed by atoms with van der Waals surface area (Å²) in [4.78, 5) is 17.2. The van der Waals surface area contributed by atoms with Crippen molar-refractivity contribution in [1.82, 2.24) is 4.90 Å². The number of nitrogens with zero attached hydrogens (tertiary/aromatic N) is 2.